The lowest BCUT2D eigenvalue weighted by Crippen LogP contribution is -2.40. The van der Waals surface area contributed by atoms with Gasteiger partial charge in [-0.1, -0.05) is 6.92 Å². The zero-order valence-electron chi connectivity index (χ0n) is 11.1. The normalized spacial score (nSPS) is 14.8. The number of aromatic carboxylic acids is 1. The highest BCUT2D eigenvalue weighted by Gasteiger charge is 2.24. The first-order valence-electron chi connectivity index (χ1n) is 5.84. The molecular formula is C12H16BrNO5S. The molecule has 1 atom stereocenters. The number of aliphatic hydroxyl groups is 1. The Kier molecular flexibility index (Phi) is 5.31. The fourth-order valence-corrected chi connectivity index (χ4v) is 3.44. The fourth-order valence-electron chi connectivity index (χ4n) is 1.30. The van der Waals surface area contributed by atoms with E-state index in [9.17, 15) is 18.3 Å². The number of benzene rings is 1. The topological polar surface area (TPSA) is 104 Å². The van der Waals surface area contributed by atoms with Crippen LogP contribution in [0.1, 0.15) is 30.6 Å². The quantitative estimate of drug-likeness (QED) is 0.709. The number of hydrogen-bond donors (Lipinski definition) is 3. The summed E-state index contributed by atoms with van der Waals surface area (Å²) in [4.78, 5) is 10.7. The first-order valence-corrected chi connectivity index (χ1v) is 8.11. The molecule has 0 radical (unpaired) electrons. The predicted octanol–water partition coefficient (Wildman–Crippen LogP) is 1.59. The molecule has 112 valence electrons. The first kappa shape index (κ1) is 17.1. The number of hydrogen-bond acceptors (Lipinski definition) is 4. The van der Waals surface area contributed by atoms with E-state index in [4.69, 9.17) is 5.11 Å². The third kappa shape index (κ3) is 4.27. The van der Waals surface area contributed by atoms with Gasteiger partial charge in [-0.15, -0.1) is 0 Å². The Morgan fingerprint density at radius 3 is 2.55 bits per heavy atom. The second kappa shape index (κ2) is 6.21. The highest BCUT2D eigenvalue weighted by molar-refractivity contribution is 9.10. The third-order valence-electron chi connectivity index (χ3n) is 2.87. The molecule has 20 heavy (non-hydrogen) atoms. The van der Waals surface area contributed by atoms with Gasteiger partial charge in [0, 0.05) is 11.0 Å². The summed E-state index contributed by atoms with van der Waals surface area (Å²) < 4.78 is 26.8. The van der Waals surface area contributed by atoms with Gasteiger partial charge < -0.3 is 10.2 Å². The average molecular weight is 366 g/mol. The molecule has 8 heteroatoms. The molecule has 0 saturated heterocycles. The van der Waals surface area contributed by atoms with Crippen LogP contribution in [0.4, 0.5) is 0 Å². The van der Waals surface area contributed by atoms with Crippen molar-refractivity contribution in [3.8, 4) is 0 Å². The van der Waals surface area contributed by atoms with Crippen LogP contribution < -0.4 is 4.72 Å². The molecule has 0 aromatic heterocycles. The second-order valence-electron chi connectivity index (χ2n) is 4.63. The molecule has 3 N–H and O–H groups in total. The van der Waals surface area contributed by atoms with Gasteiger partial charge in [-0.2, -0.15) is 0 Å². The van der Waals surface area contributed by atoms with Gasteiger partial charge in [-0.3, -0.25) is 0 Å². The van der Waals surface area contributed by atoms with Crippen molar-refractivity contribution in [3.63, 3.8) is 0 Å². The largest absolute Gasteiger partial charge is 0.478 e. The van der Waals surface area contributed by atoms with Crippen molar-refractivity contribution in [2.45, 2.75) is 30.8 Å². The van der Waals surface area contributed by atoms with Crippen LogP contribution in [0.25, 0.3) is 0 Å². The molecule has 1 rings (SSSR count). The zero-order valence-corrected chi connectivity index (χ0v) is 13.5. The molecule has 0 aliphatic heterocycles. The standard InChI is InChI=1S/C12H16BrNO5S/c1-3-12(2,17)7-14-20(18,19)10-6-8(11(15)16)4-5-9(10)13/h4-6,14,17H,3,7H2,1-2H3,(H,15,16). The van der Waals surface area contributed by atoms with Crippen molar-refractivity contribution in [3.05, 3.63) is 28.2 Å². The number of carboxylic acids is 1. The predicted molar refractivity (Wildman–Crippen MR) is 77.2 cm³/mol. The maximum Gasteiger partial charge on any atom is 0.335 e. The van der Waals surface area contributed by atoms with Gasteiger partial charge >= 0.3 is 5.97 Å². The minimum absolute atomic E-state index is 0.129. The van der Waals surface area contributed by atoms with E-state index in [1.807, 2.05) is 0 Å². The van der Waals surface area contributed by atoms with Crippen LogP contribution in [-0.4, -0.2) is 36.7 Å². The van der Waals surface area contributed by atoms with Gasteiger partial charge in [-0.25, -0.2) is 17.9 Å². The van der Waals surface area contributed by atoms with E-state index in [1.54, 1.807) is 6.92 Å². The number of carboxylic acid groups (broad SMARTS) is 1. The lowest BCUT2D eigenvalue weighted by Gasteiger charge is -2.21. The van der Waals surface area contributed by atoms with E-state index in [1.165, 1.54) is 19.1 Å². The van der Waals surface area contributed by atoms with E-state index in [0.717, 1.165) is 6.07 Å². The molecule has 0 aliphatic carbocycles. The summed E-state index contributed by atoms with van der Waals surface area (Å²) in [7, 11) is -3.91. The van der Waals surface area contributed by atoms with Crippen LogP contribution in [0.3, 0.4) is 0 Å². The minimum atomic E-state index is -3.91. The van der Waals surface area contributed by atoms with Gasteiger partial charge in [0.2, 0.25) is 10.0 Å². The zero-order chi connectivity index (χ0) is 15.6. The van der Waals surface area contributed by atoms with Crippen molar-refractivity contribution in [2.24, 2.45) is 0 Å². The Morgan fingerprint density at radius 2 is 2.05 bits per heavy atom. The molecule has 0 fully saturated rings. The summed E-state index contributed by atoms with van der Waals surface area (Å²) in [5.41, 5.74) is -1.29. The Bertz CT molecular complexity index is 612. The maximum absolute atomic E-state index is 12.1. The highest BCUT2D eigenvalue weighted by Crippen LogP contribution is 2.23. The summed E-state index contributed by atoms with van der Waals surface area (Å²) in [6, 6.07) is 3.72. The lowest BCUT2D eigenvalue weighted by molar-refractivity contribution is 0.0613. The molecule has 1 aromatic carbocycles. The van der Waals surface area contributed by atoms with Crippen LogP contribution in [0, 0.1) is 0 Å². The van der Waals surface area contributed by atoms with Crippen molar-refractivity contribution < 1.29 is 23.4 Å². The third-order valence-corrected chi connectivity index (χ3v) is 5.27. The van der Waals surface area contributed by atoms with Crippen LogP contribution in [-0.2, 0) is 10.0 Å². The molecular weight excluding hydrogens is 350 g/mol. The second-order valence-corrected chi connectivity index (χ2v) is 7.22. The highest BCUT2D eigenvalue weighted by atomic mass is 79.9. The SMILES string of the molecule is CCC(C)(O)CNS(=O)(=O)c1cc(C(=O)O)ccc1Br. The minimum Gasteiger partial charge on any atom is -0.478 e. The molecule has 1 aromatic rings. The lowest BCUT2D eigenvalue weighted by atomic mass is 10.1. The average Bonchev–Trinajstić information content (AvgIpc) is 2.37. The van der Waals surface area contributed by atoms with Crippen molar-refractivity contribution in [1.82, 2.24) is 4.72 Å². The molecule has 6 nitrogen and oxygen atoms in total. The van der Waals surface area contributed by atoms with Crippen molar-refractivity contribution >= 4 is 31.9 Å². The molecule has 0 saturated carbocycles. The summed E-state index contributed by atoms with van der Waals surface area (Å²) in [6.07, 6.45) is 0.381. The summed E-state index contributed by atoms with van der Waals surface area (Å²) >= 11 is 3.08. The Morgan fingerprint density at radius 1 is 1.45 bits per heavy atom. The van der Waals surface area contributed by atoms with Crippen molar-refractivity contribution in [1.29, 1.82) is 0 Å². The number of carbonyl (C=O) groups is 1. The van der Waals surface area contributed by atoms with Crippen molar-refractivity contribution in [2.75, 3.05) is 6.54 Å². The fraction of sp³-hybridized carbons (Fsp3) is 0.417. The summed E-state index contributed by atoms with van der Waals surface area (Å²) in [6.45, 7) is 3.09. The van der Waals surface area contributed by atoms with Crippen LogP contribution in [0.2, 0.25) is 0 Å². The number of sulfonamides is 1. The van der Waals surface area contributed by atoms with E-state index < -0.39 is 21.6 Å². The molecule has 0 aliphatic rings. The number of rotatable bonds is 6. The van der Waals surface area contributed by atoms with Crippen LogP contribution in [0.15, 0.2) is 27.6 Å². The van der Waals surface area contributed by atoms with Crippen LogP contribution >= 0.6 is 15.9 Å². The molecule has 0 amide bonds. The van der Waals surface area contributed by atoms with Gasteiger partial charge in [0.25, 0.3) is 0 Å². The Labute approximate surface area is 126 Å². The number of halogens is 1. The van der Waals surface area contributed by atoms with Gasteiger partial charge in [0.05, 0.1) is 16.1 Å². The Hall–Kier alpha value is -0.960. The summed E-state index contributed by atoms with van der Waals surface area (Å²) in [5, 5.41) is 18.7. The molecule has 0 spiro atoms. The maximum atomic E-state index is 12.1. The number of nitrogens with one attached hydrogen (secondary N) is 1. The van der Waals surface area contributed by atoms with E-state index in [-0.39, 0.29) is 21.5 Å². The molecule has 1 unspecified atom stereocenters. The van der Waals surface area contributed by atoms with Gasteiger partial charge in [0.15, 0.2) is 0 Å². The van der Waals surface area contributed by atoms with Crippen LogP contribution in [0.5, 0.6) is 0 Å². The van der Waals surface area contributed by atoms with E-state index in [2.05, 4.69) is 20.7 Å². The first-order chi connectivity index (χ1) is 9.09. The molecule has 0 bridgehead atoms. The smallest absolute Gasteiger partial charge is 0.335 e. The monoisotopic (exact) mass is 365 g/mol. The van der Waals surface area contributed by atoms with E-state index in [0.29, 0.717) is 6.42 Å². The molecule has 0 heterocycles. The summed E-state index contributed by atoms with van der Waals surface area (Å²) in [5.74, 6) is -1.21. The van der Waals surface area contributed by atoms with E-state index >= 15 is 0 Å². The van der Waals surface area contributed by atoms with Gasteiger partial charge in [0.1, 0.15) is 0 Å². The Balaban J connectivity index is 3.09. The van der Waals surface area contributed by atoms with Gasteiger partial charge in [-0.05, 0) is 47.5 Å².